The van der Waals surface area contributed by atoms with Crippen molar-refractivity contribution in [3.63, 3.8) is 0 Å². The van der Waals surface area contributed by atoms with E-state index in [0.717, 1.165) is 5.56 Å². The Morgan fingerprint density at radius 3 is 2.53 bits per heavy atom. The van der Waals surface area contributed by atoms with Crippen LogP contribution in [0.1, 0.15) is 22.1 Å². The number of fused-ring (bicyclic) bond motifs is 1. The van der Waals surface area contributed by atoms with Gasteiger partial charge in [0.15, 0.2) is 18.1 Å². The van der Waals surface area contributed by atoms with E-state index < -0.39 is 5.97 Å². The Balaban J connectivity index is 1.73. The first-order valence-corrected chi connectivity index (χ1v) is 9.17. The zero-order valence-corrected chi connectivity index (χ0v) is 16.7. The van der Waals surface area contributed by atoms with E-state index in [0.29, 0.717) is 39.6 Å². The van der Waals surface area contributed by atoms with Gasteiger partial charge in [-0.25, -0.2) is 9.78 Å². The smallest absolute Gasteiger partial charge is 0.339 e. The van der Waals surface area contributed by atoms with Crippen molar-refractivity contribution >= 4 is 16.9 Å². The molecular weight excluding hydrogens is 386 g/mol. The third-order valence-electron chi connectivity index (χ3n) is 4.51. The lowest BCUT2D eigenvalue weighted by molar-refractivity contribution is 0.0439. The molecule has 0 saturated carbocycles. The highest BCUT2D eigenvalue weighted by Gasteiger charge is 2.17. The van der Waals surface area contributed by atoms with Crippen LogP contribution in [-0.4, -0.2) is 35.4 Å². The summed E-state index contributed by atoms with van der Waals surface area (Å²) in [6, 6.07) is 14.5. The molecule has 0 spiro atoms. The van der Waals surface area contributed by atoms with Gasteiger partial charge in [0.05, 0.1) is 31.0 Å². The average molecular weight is 405 g/mol. The number of esters is 1. The molecule has 2 aromatic carbocycles. The van der Waals surface area contributed by atoms with Crippen molar-refractivity contribution in [1.29, 1.82) is 0 Å². The van der Waals surface area contributed by atoms with Crippen molar-refractivity contribution in [2.45, 2.75) is 13.5 Å². The van der Waals surface area contributed by atoms with Crippen LogP contribution in [0.15, 0.2) is 52.9 Å². The summed E-state index contributed by atoms with van der Waals surface area (Å²) in [6.45, 7) is 1.56. The number of nitrogens with zero attached hydrogens (tertiary/aromatic N) is 3. The molecule has 4 rings (SSSR count). The van der Waals surface area contributed by atoms with Crippen molar-refractivity contribution in [1.82, 2.24) is 15.2 Å². The molecule has 0 radical (unpaired) electrons. The Hall–Kier alpha value is -3.94. The summed E-state index contributed by atoms with van der Waals surface area (Å²) in [5.74, 6) is 1.31. The Morgan fingerprint density at radius 1 is 1.00 bits per heavy atom. The van der Waals surface area contributed by atoms with Crippen LogP contribution in [0.2, 0.25) is 0 Å². The molecule has 0 saturated heterocycles. The summed E-state index contributed by atoms with van der Waals surface area (Å²) in [7, 11) is 3.14. The molecular formula is C22H19N3O5. The van der Waals surface area contributed by atoms with Crippen LogP contribution in [-0.2, 0) is 11.3 Å². The van der Waals surface area contributed by atoms with Gasteiger partial charge in [-0.1, -0.05) is 18.2 Å². The first-order valence-electron chi connectivity index (χ1n) is 9.17. The van der Waals surface area contributed by atoms with Crippen LogP contribution in [0.5, 0.6) is 11.5 Å². The maximum absolute atomic E-state index is 12.9. The molecule has 4 aromatic rings. The third kappa shape index (κ3) is 3.80. The number of rotatable bonds is 6. The van der Waals surface area contributed by atoms with E-state index in [2.05, 4.69) is 10.2 Å². The van der Waals surface area contributed by atoms with E-state index in [1.807, 2.05) is 36.4 Å². The number of carbonyl (C=O) groups is 1. The largest absolute Gasteiger partial charge is 0.493 e. The van der Waals surface area contributed by atoms with Gasteiger partial charge >= 0.3 is 5.97 Å². The Bertz CT molecular complexity index is 1220. The SMILES string of the molecule is COc1ccc(-c2cc(C(=O)OCc3nnc(C)o3)c3ccccc3n2)cc1OC. The fraction of sp³-hybridized carbons (Fsp3) is 0.182. The lowest BCUT2D eigenvalue weighted by Gasteiger charge is -2.12. The van der Waals surface area contributed by atoms with E-state index in [1.165, 1.54) is 0 Å². The number of ether oxygens (including phenoxy) is 3. The number of hydrogen-bond acceptors (Lipinski definition) is 8. The quantitative estimate of drug-likeness (QED) is 0.445. The van der Waals surface area contributed by atoms with E-state index in [4.69, 9.17) is 23.6 Å². The zero-order chi connectivity index (χ0) is 21.1. The predicted molar refractivity (Wildman–Crippen MR) is 108 cm³/mol. The van der Waals surface area contributed by atoms with Crippen molar-refractivity contribution < 1.29 is 23.4 Å². The minimum atomic E-state index is -0.508. The molecule has 0 unspecified atom stereocenters. The number of benzene rings is 2. The van der Waals surface area contributed by atoms with Gasteiger partial charge in [0.25, 0.3) is 5.89 Å². The highest BCUT2D eigenvalue weighted by molar-refractivity contribution is 6.04. The van der Waals surface area contributed by atoms with Gasteiger partial charge in [-0.15, -0.1) is 10.2 Å². The van der Waals surface area contributed by atoms with Gasteiger partial charge in [-0.05, 0) is 30.3 Å². The van der Waals surface area contributed by atoms with Gasteiger partial charge < -0.3 is 18.6 Å². The van der Waals surface area contributed by atoms with E-state index in [9.17, 15) is 4.79 Å². The highest BCUT2D eigenvalue weighted by Crippen LogP contribution is 2.33. The minimum absolute atomic E-state index is 0.109. The Labute approximate surface area is 172 Å². The number of aryl methyl sites for hydroxylation is 1. The molecule has 0 fully saturated rings. The topological polar surface area (TPSA) is 96.6 Å². The van der Waals surface area contributed by atoms with E-state index in [-0.39, 0.29) is 12.5 Å². The number of carbonyl (C=O) groups excluding carboxylic acids is 1. The maximum atomic E-state index is 12.9. The lowest BCUT2D eigenvalue weighted by atomic mass is 10.0. The molecule has 2 heterocycles. The van der Waals surface area contributed by atoms with Crippen LogP contribution >= 0.6 is 0 Å². The summed E-state index contributed by atoms with van der Waals surface area (Å²) in [5.41, 5.74) is 2.45. The van der Waals surface area contributed by atoms with Crippen molar-refractivity contribution in [3.05, 3.63) is 65.9 Å². The molecule has 0 bridgehead atoms. The normalized spacial score (nSPS) is 10.8. The molecule has 0 aliphatic heterocycles. The molecule has 0 atom stereocenters. The molecule has 8 heteroatoms. The number of hydrogen-bond donors (Lipinski definition) is 0. The van der Waals surface area contributed by atoms with Gasteiger partial charge in [0.1, 0.15) is 0 Å². The first-order chi connectivity index (χ1) is 14.6. The molecule has 152 valence electrons. The fourth-order valence-corrected chi connectivity index (χ4v) is 3.09. The molecule has 8 nitrogen and oxygen atoms in total. The molecule has 2 aromatic heterocycles. The summed E-state index contributed by atoms with van der Waals surface area (Å²) in [6.07, 6.45) is 0. The highest BCUT2D eigenvalue weighted by atomic mass is 16.5. The van der Waals surface area contributed by atoms with Crippen molar-refractivity contribution in [3.8, 4) is 22.8 Å². The maximum Gasteiger partial charge on any atom is 0.339 e. The first kappa shape index (κ1) is 19.4. The van der Waals surface area contributed by atoms with Gasteiger partial charge in [-0.2, -0.15) is 0 Å². The lowest BCUT2D eigenvalue weighted by Crippen LogP contribution is -2.07. The zero-order valence-electron chi connectivity index (χ0n) is 16.7. The number of aromatic nitrogens is 3. The van der Waals surface area contributed by atoms with Crippen molar-refractivity contribution in [2.24, 2.45) is 0 Å². The van der Waals surface area contributed by atoms with E-state index in [1.54, 1.807) is 33.3 Å². The van der Waals surface area contributed by atoms with Crippen LogP contribution in [0.25, 0.3) is 22.2 Å². The third-order valence-corrected chi connectivity index (χ3v) is 4.51. The molecule has 30 heavy (non-hydrogen) atoms. The molecule has 0 aliphatic rings. The monoisotopic (exact) mass is 405 g/mol. The van der Waals surface area contributed by atoms with E-state index >= 15 is 0 Å². The average Bonchev–Trinajstić information content (AvgIpc) is 3.21. The minimum Gasteiger partial charge on any atom is -0.493 e. The summed E-state index contributed by atoms with van der Waals surface area (Å²) >= 11 is 0. The van der Waals surface area contributed by atoms with Gasteiger partial charge in [-0.3, -0.25) is 0 Å². The summed E-state index contributed by atoms with van der Waals surface area (Å²) in [5, 5.41) is 8.26. The second-order valence-corrected chi connectivity index (χ2v) is 6.43. The van der Waals surface area contributed by atoms with Crippen LogP contribution in [0.4, 0.5) is 0 Å². The molecule has 0 N–H and O–H groups in total. The summed E-state index contributed by atoms with van der Waals surface area (Å²) < 4.78 is 21.3. The second kappa shape index (κ2) is 8.20. The number of pyridine rings is 1. The predicted octanol–water partition coefficient (Wildman–Crippen LogP) is 3.97. The van der Waals surface area contributed by atoms with Crippen LogP contribution in [0, 0.1) is 6.92 Å². The second-order valence-electron chi connectivity index (χ2n) is 6.43. The Morgan fingerprint density at radius 2 is 1.80 bits per heavy atom. The Kier molecular flexibility index (Phi) is 5.30. The fourth-order valence-electron chi connectivity index (χ4n) is 3.09. The number of para-hydroxylation sites is 1. The van der Waals surface area contributed by atoms with Gasteiger partial charge in [0.2, 0.25) is 5.89 Å². The standard InChI is InChI=1S/C22H19N3O5/c1-13-24-25-21(30-13)12-29-22(26)16-11-18(23-17-7-5-4-6-15(16)17)14-8-9-19(27-2)20(10-14)28-3/h4-11H,12H2,1-3H3. The molecule has 0 amide bonds. The van der Waals surface area contributed by atoms with Crippen LogP contribution in [0.3, 0.4) is 0 Å². The molecule has 0 aliphatic carbocycles. The summed E-state index contributed by atoms with van der Waals surface area (Å²) in [4.78, 5) is 17.6. The van der Waals surface area contributed by atoms with Gasteiger partial charge in [0, 0.05) is 17.9 Å². The van der Waals surface area contributed by atoms with Crippen LogP contribution < -0.4 is 9.47 Å². The van der Waals surface area contributed by atoms with Crippen molar-refractivity contribution in [2.75, 3.05) is 14.2 Å². The number of methoxy groups -OCH3 is 2.